The third-order valence-corrected chi connectivity index (χ3v) is 6.90. The molecule has 8 heteroatoms. The number of halogens is 1. The molecule has 3 rings (SSSR count). The number of aliphatic hydroxyl groups excluding tert-OH is 1. The van der Waals surface area contributed by atoms with E-state index in [2.05, 4.69) is 16.8 Å². The summed E-state index contributed by atoms with van der Waals surface area (Å²) in [6.07, 6.45) is 5.56. The lowest BCUT2D eigenvalue weighted by atomic mass is 10.0. The fraction of sp³-hybridized carbons (Fsp3) is 0.448. The minimum atomic E-state index is -0.915. The number of Topliss-reactive ketones (excluding diaryl/α,β-unsaturated/α-hetero) is 1. The van der Waals surface area contributed by atoms with Gasteiger partial charge in [-0.25, -0.2) is 0 Å². The van der Waals surface area contributed by atoms with E-state index in [9.17, 15) is 14.7 Å². The molecular formula is C29H37ClN2O5. The number of unbranched alkanes of at least 4 members (excludes halogenated alkanes) is 2. The normalized spacial score (nSPS) is 15.1. The molecule has 1 amide bonds. The summed E-state index contributed by atoms with van der Waals surface area (Å²) in [5, 5.41) is 14.5. The number of benzene rings is 2. The molecule has 1 heterocycles. The molecule has 0 bridgehead atoms. The summed E-state index contributed by atoms with van der Waals surface area (Å²) in [7, 11) is 1.59. The topological polar surface area (TPSA) is 88.1 Å². The van der Waals surface area contributed by atoms with Gasteiger partial charge in [-0.15, -0.1) is 0 Å². The van der Waals surface area contributed by atoms with Crippen molar-refractivity contribution >= 4 is 23.3 Å². The Kier molecular flexibility index (Phi) is 11.5. The first-order valence-corrected chi connectivity index (χ1v) is 13.2. The van der Waals surface area contributed by atoms with Crippen LogP contribution in [0.3, 0.4) is 0 Å². The average Bonchev–Trinajstić information content (AvgIpc) is 3.42. The Labute approximate surface area is 224 Å². The van der Waals surface area contributed by atoms with Gasteiger partial charge in [0.2, 0.25) is 5.91 Å². The third kappa shape index (κ3) is 8.88. The number of nitrogens with zero attached hydrogens (tertiary/aromatic N) is 1. The maximum atomic E-state index is 12.8. The van der Waals surface area contributed by atoms with E-state index in [0.717, 1.165) is 44.5 Å². The fourth-order valence-corrected chi connectivity index (χ4v) is 4.77. The van der Waals surface area contributed by atoms with Crippen LogP contribution < -0.4 is 14.8 Å². The Morgan fingerprint density at radius 3 is 2.46 bits per heavy atom. The van der Waals surface area contributed by atoms with Gasteiger partial charge in [-0.05, 0) is 80.7 Å². The number of aliphatic hydroxyl groups is 1. The summed E-state index contributed by atoms with van der Waals surface area (Å²) in [5.41, 5.74) is 1.28. The van der Waals surface area contributed by atoms with Gasteiger partial charge >= 0.3 is 0 Å². The third-order valence-electron chi connectivity index (χ3n) is 6.61. The molecule has 200 valence electrons. The van der Waals surface area contributed by atoms with Crippen LogP contribution in [0.4, 0.5) is 0 Å². The van der Waals surface area contributed by atoms with Crippen molar-refractivity contribution in [2.75, 3.05) is 26.7 Å². The van der Waals surface area contributed by atoms with Crippen molar-refractivity contribution in [1.29, 1.82) is 0 Å². The zero-order valence-electron chi connectivity index (χ0n) is 21.5. The van der Waals surface area contributed by atoms with Gasteiger partial charge in [-0.1, -0.05) is 30.7 Å². The smallest absolute Gasteiger partial charge is 0.220 e. The Hall–Kier alpha value is -2.87. The van der Waals surface area contributed by atoms with E-state index < -0.39 is 12.1 Å². The van der Waals surface area contributed by atoms with Crippen LogP contribution in [0.5, 0.6) is 11.5 Å². The molecule has 2 N–H and O–H groups in total. The Morgan fingerprint density at radius 2 is 1.81 bits per heavy atom. The van der Waals surface area contributed by atoms with E-state index in [-0.39, 0.29) is 11.7 Å². The molecule has 7 nitrogen and oxygen atoms in total. The number of methoxy groups -OCH3 is 1. The van der Waals surface area contributed by atoms with Gasteiger partial charge in [-0.2, -0.15) is 0 Å². The predicted octanol–water partition coefficient (Wildman–Crippen LogP) is 5.32. The van der Waals surface area contributed by atoms with Crippen LogP contribution in [-0.4, -0.2) is 54.5 Å². The second-order valence-corrected chi connectivity index (χ2v) is 9.72. The summed E-state index contributed by atoms with van der Waals surface area (Å²) in [4.78, 5) is 27.4. The number of ether oxygens (including phenoxy) is 2. The number of carbonyl (C=O) groups excluding carboxylic acids is 2. The molecule has 1 aliphatic rings. The van der Waals surface area contributed by atoms with Gasteiger partial charge in [0.05, 0.1) is 24.4 Å². The maximum Gasteiger partial charge on any atom is 0.220 e. The number of ketones is 1. The van der Waals surface area contributed by atoms with Crippen LogP contribution in [0.15, 0.2) is 55.3 Å². The van der Waals surface area contributed by atoms with E-state index in [1.807, 2.05) is 0 Å². The first kappa shape index (κ1) is 28.7. The Balaban J connectivity index is 1.49. The molecule has 2 aromatic rings. The fourth-order valence-electron chi connectivity index (χ4n) is 4.53. The van der Waals surface area contributed by atoms with Crippen molar-refractivity contribution in [3.8, 4) is 11.5 Å². The minimum absolute atomic E-state index is 0.0871. The van der Waals surface area contributed by atoms with Gasteiger partial charge in [0, 0.05) is 24.9 Å². The van der Waals surface area contributed by atoms with Crippen molar-refractivity contribution in [1.82, 2.24) is 10.2 Å². The van der Waals surface area contributed by atoms with Crippen molar-refractivity contribution < 1.29 is 24.2 Å². The van der Waals surface area contributed by atoms with Crippen LogP contribution in [0.1, 0.15) is 67.0 Å². The largest absolute Gasteiger partial charge is 0.497 e. The lowest BCUT2D eigenvalue weighted by Gasteiger charge is -2.29. The highest BCUT2D eigenvalue weighted by atomic mass is 35.5. The highest BCUT2D eigenvalue weighted by molar-refractivity contribution is 6.32. The number of hydrogen-bond acceptors (Lipinski definition) is 6. The first-order valence-electron chi connectivity index (χ1n) is 12.8. The lowest BCUT2D eigenvalue weighted by molar-refractivity contribution is -0.123. The number of carbonyl (C=O) groups is 2. The zero-order chi connectivity index (χ0) is 26.6. The molecule has 1 saturated heterocycles. The molecule has 2 aromatic carbocycles. The van der Waals surface area contributed by atoms with Crippen molar-refractivity contribution in [3.05, 3.63) is 71.5 Å². The van der Waals surface area contributed by atoms with Gasteiger partial charge in [0.1, 0.15) is 17.6 Å². The summed E-state index contributed by atoms with van der Waals surface area (Å²) < 4.78 is 10.4. The number of amides is 1. The van der Waals surface area contributed by atoms with Crippen LogP contribution in [0, 0.1) is 0 Å². The molecule has 0 aromatic heterocycles. The molecule has 0 saturated carbocycles. The predicted molar refractivity (Wildman–Crippen MR) is 145 cm³/mol. The monoisotopic (exact) mass is 528 g/mol. The highest BCUT2D eigenvalue weighted by Gasteiger charge is 2.27. The van der Waals surface area contributed by atoms with Gasteiger partial charge in [0.15, 0.2) is 5.78 Å². The van der Waals surface area contributed by atoms with E-state index in [0.29, 0.717) is 47.7 Å². The van der Waals surface area contributed by atoms with E-state index in [4.69, 9.17) is 21.1 Å². The summed E-state index contributed by atoms with van der Waals surface area (Å²) in [6.45, 7) is 6.00. The second kappa shape index (κ2) is 14.8. The van der Waals surface area contributed by atoms with Crippen LogP contribution >= 0.6 is 11.6 Å². The van der Waals surface area contributed by atoms with Crippen molar-refractivity contribution in [2.24, 2.45) is 0 Å². The van der Waals surface area contributed by atoms with Gasteiger partial charge in [0.25, 0.3) is 0 Å². The molecule has 0 unspecified atom stereocenters. The number of hydrogen-bond donors (Lipinski definition) is 2. The highest BCUT2D eigenvalue weighted by Crippen LogP contribution is 2.30. The molecule has 2 atom stereocenters. The van der Waals surface area contributed by atoms with Crippen molar-refractivity contribution in [2.45, 2.75) is 57.1 Å². The number of rotatable bonds is 15. The average molecular weight is 529 g/mol. The van der Waals surface area contributed by atoms with Crippen molar-refractivity contribution in [3.63, 3.8) is 0 Å². The lowest BCUT2D eigenvalue weighted by Crippen LogP contribution is -2.46. The molecule has 0 aliphatic carbocycles. The zero-order valence-corrected chi connectivity index (χ0v) is 22.2. The standard InChI is InChI=1S/C29H37ClN2O5/c1-3-37-27-16-13-22(19-24(27)30)29(35)25(20-32-17-7-8-18-32)31-28(34)10-6-4-5-9-26(33)21-11-14-23(36-2)15-12-21/h3,11-16,19,25,29,35H,1,4-10,17-18,20H2,2H3,(H,31,34)/t25-,29-/m1/s1. The first-order chi connectivity index (χ1) is 17.9. The Bertz CT molecular complexity index is 1040. The molecule has 0 radical (unpaired) electrons. The quantitative estimate of drug-likeness (QED) is 0.185. The number of nitrogens with one attached hydrogen (secondary N) is 1. The van der Waals surface area contributed by atoms with E-state index in [1.165, 1.54) is 6.26 Å². The summed E-state index contributed by atoms with van der Waals surface area (Å²) in [5.74, 6) is 1.15. The summed E-state index contributed by atoms with van der Waals surface area (Å²) in [6, 6.07) is 11.7. The molecule has 1 aliphatic heterocycles. The van der Waals surface area contributed by atoms with Crippen LogP contribution in [0.25, 0.3) is 0 Å². The molecule has 1 fully saturated rings. The summed E-state index contributed by atoms with van der Waals surface area (Å²) >= 11 is 6.29. The van der Waals surface area contributed by atoms with E-state index in [1.54, 1.807) is 49.6 Å². The van der Waals surface area contributed by atoms with Gasteiger partial charge < -0.3 is 24.8 Å². The maximum absolute atomic E-state index is 12.8. The molecular weight excluding hydrogens is 492 g/mol. The Morgan fingerprint density at radius 1 is 1.11 bits per heavy atom. The molecule has 37 heavy (non-hydrogen) atoms. The SMILES string of the molecule is C=COc1ccc([C@@H](O)[C@@H](CN2CCCC2)NC(=O)CCCCCC(=O)c2ccc(OC)cc2)cc1Cl. The van der Waals surface area contributed by atoms with Gasteiger partial charge in [-0.3, -0.25) is 9.59 Å². The van der Waals surface area contributed by atoms with E-state index >= 15 is 0 Å². The molecule has 0 spiro atoms. The van der Waals surface area contributed by atoms with Crippen LogP contribution in [-0.2, 0) is 4.79 Å². The second-order valence-electron chi connectivity index (χ2n) is 9.31. The minimum Gasteiger partial charge on any atom is -0.497 e. The van der Waals surface area contributed by atoms with Crippen LogP contribution in [0.2, 0.25) is 5.02 Å². The number of likely N-dealkylation sites (tertiary alicyclic amines) is 1.